The molecule has 0 fully saturated rings. The topological polar surface area (TPSA) is 18.5 Å². The van der Waals surface area contributed by atoms with Crippen molar-refractivity contribution in [1.29, 1.82) is 0 Å². The molecule has 0 bridgehead atoms. The van der Waals surface area contributed by atoms with Gasteiger partial charge in [0.15, 0.2) is 5.79 Å². The van der Waals surface area contributed by atoms with Gasteiger partial charge in [-0.05, 0) is 86.6 Å². The lowest BCUT2D eigenvalue weighted by Crippen LogP contribution is -2.28. The summed E-state index contributed by atoms with van der Waals surface area (Å²) < 4.78 is 15.3. The summed E-state index contributed by atoms with van der Waals surface area (Å²) in [5.41, 5.74) is 0.865. The summed E-state index contributed by atoms with van der Waals surface area (Å²) in [6.07, 6.45) is 0. The van der Waals surface area contributed by atoms with Crippen molar-refractivity contribution in [2.75, 3.05) is 14.2 Å². The standard InChI is InChI=1S/C10H9Br5O2/c1-10(16-2,17-3)4-5(11)7(13)9(15)8(14)6(4)12/h1-3H3. The first-order chi connectivity index (χ1) is 7.80. The van der Waals surface area contributed by atoms with E-state index in [1.165, 1.54) is 0 Å². The van der Waals surface area contributed by atoms with Crippen molar-refractivity contribution >= 4 is 79.6 Å². The largest absolute Gasteiger partial charge is 0.349 e. The Kier molecular flexibility index (Phi) is 6.18. The molecule has 0 aliphatic rings. The lowest BCUT2D eigenvalue weighted by molar-refractivity contribution is -0.202. The maximum Gasteiger partial charge on any atom is 0.193 e. The van der Waals surface area contributed by atoms with Crippen LogP contribution in [0.4, 0.5) is 0 Å². The van der Waals surface area contributed by atoms with Gasteiger partial charge in [-0.2, -0.15) is 0 Å². The number of ether oxygens (including phenoxy) is 2. The van der Waals surface area contributed by atoms with E-state index in [0.29, 0.717) is 0 Å². The van der Waals surface area contributed by atoms with Crippen LogP contribution in [-0.2, 0) is 15.3 Å². The van der Waals surface area contributed by atoms with Gasteiger partial charge in [-0.1, -0.05) is 0 Å². The third-order valence-corrected chi connectivity index (χ3v) is 8.54. The van der Waals surface area contributed by atoms with Gasteiger partial charge in [0.1, 0.15) is 0 Å². The quantitative estimate of drug-likeness (QED) is 0.258. The maximum absolute atomic E-state index is 5.45. The number of hydrogen-bond donors (Lipinski definition) is 0. The first-order valence-corrected chi connectivity index (χ1v) is 8.38. The summed E-state index contributed by atoms with van der Waals surface area (Å²) in [6.45, 7) is 1.85. The molecule has 0 saturated carbocycles. The van der Waals surface area contributed by atoms with E-state index in [1.807, 2.05) is 6.92 Å². The second kappa shape index (κ2) is 6.33. The molecule has 0 unspecified atom stereocenters. The van der Waals surface area contributed by atoms with Crippen LogP contribution in [-0.4, -0.2) is 14.2 Å². The lowest BCUT2D eigenvalue weighted by Gasteiger charge is -2.30. The third kappa shape index (κ3) is 3.01. The van der Waals surface area contributed by atoms with Crippen molar-refractivity contribution < 1.29 is 9.47 Å². The Balaban J connectivity index is 3.65. The normalized spacial score (nSPS) is 12.0. The van der Waals surface area contributed by atoms with Crippen LogP contribution >= 0.6 is 79.6 Å². The van der Waals surface area contributed by atoms with Gasteiger partial charge < -0.3 is 9.47 Å². The van der Waals surface area contributed by atoms with E-state index < -0.39 is 5.79 Å². The Morgan fingerprint density at radius 2 is 1.00 bits per heavy atom. The minimum Gasteiger partial charge on any atom is -0.349 e. The van der Waals surface area contributed by atoms with E-state index in [1.54, 1.807) is 14.2 Å². The van der Waals surface area contributed by atoms with Crippen LogP contribution < -0.4 is 0 Å². The monoisotopic (exact) mass is 556 g/mol. The van der Waals surface area contributed by atoms with Gasteiger partial charge in [-0.25, -0.2) is 0 Å². The average Bonchev–Trinajstić information content (AvgIpc) is 2.33. The van der Waals surface area contributed by atoms with Crippen LogP contribution in [0.15, 0.2) is 22.4 Å². The molecule has 0 heterocycles. The molecular formula is C10H9Br5O2. The van der Waals surface area contributed by atoms with E-state index in [9.17, 15) is 0 Å². The van der Waals surface area contributed by atoms with Crippen LogP contribution in [0, 0.1) is 0 Å². The molecule has 0 saturated heterocycles. The van der Waals surface area contributed by atoms with Crippen LogP contribution in [0.2, 0.25) is 0 Å². The highest BCUT2D eigenvalue weighted by Gasteiger charge is 2.33. The minimum atomic E-state index is -0.844. The summed E-state index contributed by atoms with van der Waals surface area (Å²) in [7, 11) is 3.21. The smallest absolute Gasteiger partial charge is 0.193 e. The Bertz CT molecular complexity index is 414. The fourth-order valence-corrected chi connectivity index (χ4v) is 5.06. The second-order valence-corrected chi connectivity index (χ2v) is 7.26. The van der Waals surface area contributed by atoms with Gasteiger partial charge in [0.25, 0.3) is 0 Å². The molecule has 0 amide bonds. The number of benzene rings is 1. The minimum absolute atomic E-state index is 0.844. The molecule has 17 heavy (non-hydrogen) atoms. The van der Waals surface area contributed by atoms with Crippen molar-refractivity contribution in [2.24, 2.45) is 0 Å². The molecule has 0 radical (unpaired) electrons. The van der Waals surface area contributed by atoms with Crippen molar-refractivity contribution in [3.63, 3.8) is 0 Å². The van der Waals surface area contributed by atoms with Crippen molar-refractivity contribution in [2.45, 2.75) is 12.7 Å². The van der Waals surface area contributed by atoms with Crippen molar-refractivity contribution in [1.82, 2.24) is 0 Å². The predicted molar refractivity (Wildman–Crippen MR) is 86.3 cm³/mol. The molecule has 7 heteroatoms. The van der Waals surface area contributed by atoms with E-state index in [2.05, 4.69) is 79.6 Å². The molecule has 0 spiro atoms. The number of hydrogen-bond acceptors (Lipinski definition) is 2. The molecule has 96 valence electrons. The maximum atomic E-state index is 5.45. The Morgan fingerprint density at radius 1 is 0.706 bits per heavy atom. The molecule has 0 N–H and O–H groups in total. The number of halogens is 5. The first kappa shape index (κ1) is 16.6. The first-order valence-electron chi connectivity index (χ1n) is 4.42. The fraction of sp³-hybridized carbons (Fsp3) is 0.400. The molecule has 1 rings (SSSR count). The molecule has 1 aromatic rings. The predicted octanol–water partition coefficient (Wildman–Crippen LogP) is 5.96. The molecular weight excluding hydrogens is 552 g/mol. The average molecular weight is 561 g/mol. The van der Waals surface area contributed by atoms with E-state index in [0.717, 1.165) is 27.9 Å². The van der Waals surface area contributed by atoms with Gasteiger partial charge >= 0.3 is 0 Å². The highest BCUT2D eigenvalue weighted by Crippen LogP contribution is 2.48. The molecule has 0 aliphatic carbocycles. The third-order valence-electron chi connectivity index (χ3n) is 2.44. The summed E-state index contributed by atoms with van der Waals surface area (Å²) >= 11 is 17.6. The molecule has 0 atom stereocenters. The Hall–Kier alpha value is 1.54. The van der Waals surface area contributed by atoms with Crippen LogP contribution in [0.1, 0.15) is 12.5 Å². The van der Waals surface area contributed by atoms with Gasteiger partial charge in [0.05, 0.1) is 0 Å². The highest BCUT2D eigenvalue weighted by atomic mass is 79.9. The zero-order valence-electron chi connectivity index (χ0n) is 9.21. The Morgan fingerprint density at radius 3 is 1.29 bits per heavy atom. The molecule has 2 nitrogen and oxygen atoms in total. The zero-order valence-corrected chi connectivity index (χ0v) is 17.1. The van der Waals surface area contributed by atoms with Crippen LogP contribution in [0.3, 0.4) is 0 Å². The Labute approximate surface area is 142 Å². The van der Waals surface area contributed by atoms with Crippen molar-refractivity contribution in [3.05, 3.63) is 27.9 Å². The fourth-order valence-electron chi connectivity index (χ4n) is 1.29. The molecule has 0 aliphatic heterocycles. The summed E-state index contributed by atoms with van der Waals surface area (Å²) in [5.74, 6) is -0.844. The number of rotatable bonds is 3. The van der Waals surface area contributed by atoms with E-state index >= 15 is 0 Å². The highest BCUT2D eigenvalue weighted by molar-refractivity contribution is 9.15. The summed E-state index contributed by atoms with van der Waals surface area (Å²) in [6, 6.07) is 0. The van der Waals surface area contributed by atoms with Gasteiger partial charge in [-0.3, -0.25) is 0 Å². The molecule has 0 aromatic heterocycles. The zero-order chi connectivity index (χ0) is 13.4. The SMILES string of the molecule is COC(C)(OC)c1c(Br)c(Br)c(Br)c(Br)c1Br. The van der Waals surface area contributed by atoms with E-state index in [-0.39, 0.29) is 0 Å². The van der Waals surface area contributed by atoms with Gasteiger partial charge in [0.2, 0.25) is 0 Å². The summed E-state index contributed by atoms with van der Waals surface area (Å²) in [5, 5.41) is 0. The van der Waals surface area contributed by atoms with Crippen LogP contribution in [0.5, 0.6) is 0 Å². The van der Waals surface area contributed by atoms with Gasteiger partial charge in [0, 0.05) is 42.1 Å². The number of methoxy groups -OCH3 is 2. The van der Waals surface area contributed by atoms with Crippen LogP contribution in [0.25, 0.3) is 0 Å². The van der Waals surface area contributed by atoms with Gasteiger partial charge in [-0.15, -0.1) is 0 Å². The van der Waals surface area contributed by atoms with Crippen molar-refractivity contribution in [3.8, 4) is 0 Å². The second-order valence-electron chi connectivity index (χ2n) is 3.30. The lowest BCUT2D eigenvalue weighted by atomic mass is 10.1. The summed E-state index contributed by atoms with van der Waals surface area (Å²) in [4.78, 5) is 0. The molecule has 1 aromatic carbocycles. The van der Waals surface area contributed by atoms with E-state index in [4.69, 9.17) is 9.47 Å².